The Morgan fingerprint density at radius 3 is 2.79 bits per heavy atom. The van der Waals surface area contributed by atoms with Crippen molar-refractivity contribution >= 4 is 17.0 Å². The number of fused-ring (bicyclic) bond motifs is 1. The number of aliphatic hydroxyl groups excluding tert-OH is 1. The van der Waals surface area contributed by atoms with Gasteiger partial charge in [0.15, 0.2) is 17.3 Å². The molecule has 0 saturated carbocycles. The lowest BCUT2D eigenvalue weighted by molar-refractivity contribution is -0.0293. The topological polar surface area (TPSA) is 117 Å². The molecule has 1 aliphatic heterocycles. The molecule has 3 N–H and O–H groups in total. The zero-order chi connectivity index (χ0) is 16.8. The van der Waals surface area contributed by atoms with E-state index in [1.54, 1.807) is 4.57 Å². The Bertz CT molecular complexity index is 879. The smallest absolute Gasteiger partial charge is 0.224 e. The average Bonchev–Trinajstić information content (AvgIpc) is 3.26. The normalized spacial score (nSPS) is 24.0. The second kappa shape index (κ2) is 5.49. The predicted octanol–water partition coefficient (Wildman–Crippen LogP) is 0.649. The number of aliphatic hydroxyl groups is 1. The van der Waals surface area contributed by atoms with Crippen LogP contribution in [-0.4, -0.2) is 47.1 Å². The summed E-state index contributed by atoms with van der Waals surface area (Å²) < 4.78 is 23.5. The van der Waals surface area contributed by atoms with Gasteiger partial charge in [-0.2, -0.15) is 9.97 Å². The van der Waals surface area contributed by atoms with Gasteiger partial charge in [-0.05, 0) is 6.42 Å². The molecule has 126 valence electrons. The molecular formula is C14H16FN7O2. The van der Waals surface area contributed by atoms with Gasteiger partial charge in [0, 0.05) is 12.1 Å². The first-order valence-electron chi connectivity index (χ1n) is 7.53. The third kappa shape index (κ3) is 2.22. The summed E-state index contributed by atoms with van der Waals surface area (Å²) in [5, 5.41) is 16.9. The maximum Gasteiger partial charge on any atom is 0.224 e. The third-order valence-electron chi connectivity index (χ3n) is 4.22. The zero-order valence-corrected chi connectivity index (χ0v) is 12.9. The second-order valence-electron chi connectivity index (χ2n) is 5.90. The molecule has 4 heterocycles. The van der Waals surface area contributed by atoms with Crippen molar-refractivity contribution < 1.29 is 14.2 Å². The van der Waals surface area contributed by atoms with Gasteiger partial charge in [0.2, 0.25) is 5.95 Å². The molecule has 24 heavy (non-hydrogen) atoms. The molecule has 0 bridgehead atoms. The summed E-state index contributed by atoms with van der Waals surface area (Å²) in [4.78, 5) is 8.30. The molecule has 3 atom stereocenters. The zero-order valence-electron chi connectivity index (χ0n) is 12.9. The predicted molar refractivity (Wildman–Crippen MR) is 81.6 cm³/mol. The summed E-state index contributed by atoms with van der Waals surface area (Å²) >= 11 is 0. The van der Waals surface area contributed by atoms with Crippen LogP contribution in [0.25, 0.3) is 16.9 Å². The Kier molecular flexibility index (Phi) is 3.43. The van der Waals surface area contributed by atoms with E-state index in [0.29, 0.717) is 12.1 Å². The fourth-order valence-corrected chi connectivity index (χ4v) is 3.17. The molecule has 0 spiro atoms. The van der Waals surface area contributed by atoms with Gasteiger partial charge >= 0.3 is 0 Å². The largest absolute Gasteiger partial charge is 0.394 e. The standard InChI is InChI=1S/C14H16FN7O2/c1-7-2-8(4-23)24-13(7)22-3-9(15)10-11(21-5-17-18-6-21)19-14(16)20-12(10)22/h3,5-8,13,23H,2,4H2,1H3,(H2,16,19,20)/t7-,8-,13+/m0/s1. The molecule has 0 unspecified atom stereocenters. The van der Waals surface area contributed by atoms with E-state index in [0.717, 1.165) is 0 Å². The maximum atomic E-state index is 14.6. The van der Waals surface area contributed by atoms with Crippen molar-refractivity contribution in [2.75, 3.05) is 12.3 Å². The molecule has 4 rings (SSSR count). The van der Waals surface area contributed by atoms with E-state index in [1.165, 1.54) is 23.4 Å². The van der Waals surface area contributed by atoms with E-state index in [4.69, 9.17) is 10.5 Å². The number of nitrogen functional groups attached to an aromatic ring is 1. The van der Waals surface area contributed by atoms with Gasteiger partial charge in [0.05, 0.1) is 18.1 Å². The van der Waals surface area contributed by atoms with E-state index in [2.05, 4.69) is 20.2 Å². The lowest BCUT2D eigenvalue weighted by atomic mass is 10.1. The van der Waals surface area contributed by atoms with Crippen LogP contribution in [0.4, 0.5) is 10.3 Å². The lowest BCUT2D eigenvalue weighted by Gasteiger charge is -2.18. The minimum absolute atomic E-state index is 0.00917. The Balaban J connectivity index is 1.90. The molecule has 3 aromatic heterocycles. The van der Waals surface area contributed by atoms with Crippen molar-refractivity contribution in [1.82, 2.24) is 29.3 Å². The number of aromatic nitrogens is 6. The van der Waals surface area contributed by atoms with Gasteiger partial charge in [-0.15, -0.1) is 10.2 Å². The first kappa shape index (κ1) is 15.0. The van der Waals surface area contributed by atoms with Gasteiger partial charge < -0.3 is 20.1 Å². The highest BCUT2D eigenvalue weighted by molar-refractivity contribution is 5.85. The van der Waals surface area contributed by atoms with Crippen molar-refractivity contribution in [3.8, 4) is 5.82 Å². The van der Waals surface area contributed by atoms with E-state index in [-0.39, 0.29) is 35.8 Å². The van der Waals surface area contributed by atoms with Crippen LogP contribution < -0.4 is 5.73 Å². The van der Waals surface area contributed by atoms with Crippen LogP contribution in [-0.2, 0) is 4.74 Å². The second-order valence-corrected chi connectivity index (χ2v) is 5.90. The van der Waals surface area contributed by atoms with E-state index in [1.807, 2.05) is 6.92 Å². The van der Waals surface area contributed by atoms with Crippen LogP contribution in [0.2, 0.25) is 0 Å². The maximum absolute atomic E-state index is 14.6. The van der Waals surface area contributed by atoms with Crippen molar-refractivity contribution in [3.63, 3.8) is 0 Å². The molecule has 1 saturated heterocycles. The molecule has 0 aromatic carbocycles. The van der Waals surface area contributed by atoms with Gasteiger partial charge in [-0.1, -0.05) is 6.92 Å². The van der Waals surface area contributed by atoms with Crippen LogP contribution in [0.3, 0.4) is 0 Å². The molecule has 0 aliphatic carbocycles. The molecule has 9 nitrogen and oxygen atoms in total. The Hall–Kier alpha value is -2.59. The quantitative estimate of drug-likeness (QED) is 0.722. The van der Waals surface area contributed by atoms with E-state index < -0.39 is 12.0 Å². The van der Waals surface area contributed by atoms with Gasteiger partial charge in [0.1, 0.15) is 18.9 Å². The molecule has 1 aliphatic rings. The van der Waals surface area contributed by atoms with Crippen LogP contribution in [0.15, 0.2) is 18.9 Å². The van der Waals surface area contributed by atoms with Crippen molar-refractivity contribution in [1.29, 1.82) is 0 Å². The average molecular weight is 333 g/mol. The summed E-state index contributed by atoms with van der Waals surface area (Å²) in [7, 11) is 0. The number of hydrogen-bond acceptors (Lipinski definition) is 7. The fraction of sp³-hybridized carbons (Fsp3) is 0.429. The van der Waals surface area contributed by atoms with Crippen molar-refractivity contribution in [2.24, 2.45) is 5.92 Å². The van der Waals surface area contributed by atoms with Gasteiger partial charge in [-0.25, -0.2) is 4.39 Å². The summed E-state index contributed by atoms with van der Waals surface area (Å²) in [5.74, 6) is -0.123. The highest BCUT2D eigenvalue weighted by Crippen LogP contribution is 2.37. The van der Waals surface area contributed by atoms with Crippen LogP contribution in [0.5, 0.6) is 0 Å². The minimum atomic E-state index is -0.489. The number of rotatable bonds is 3. The molecule has 0 amide bonds. The van der Waals surface area contributed by atoms with Crippen LogP contribution >= 0.6 is 0 Å². The number of nitrogens with two attached hydrogens (primary N) is 1. The first-order chi connectivity index (χ1) is 11.6. The van der Waals surface area contributed by atoms with E-state index >= 15 is 0 Å². The van der Waals surface area contributed by atoms with Gasteiger partial charge in [-0.3, -0.25) is 4.57 Å². The lowest BCUT2D eigenvalue weighted by Crippen LogP contribution is -2.16. The molecule has 0 radical (unpaired) electrons. The van der Waals surface area contributed by atoms with Gasteiger partial charge in [0.25, 0.3) is 0 Å². The number of ether oxygens (including phenoxy) is 1. The summed E-state index contributed by atoms with van der Waals surface area (Å²) in [6.07, 6.45) is 4.12. The first-order valence-corrected chi connectivity index (χ1v) is 7.53. The monoisotopic (exact) mass is 333 g/mol. The molecule has 1 fully saturated rings. The molecule has 3 aromatic rings. The number of halogens is 1. The Morgan fingerprint density at radius 1 is 1.38 bits per heavy atom. The highest BCUT2D eigenvalue weighted by atomic mass is 19.1. The van der Waals surface area contributed by atoms with Crippen molar-refractivity contribution in [2.45, 2.75) is 25.7 Å². The SMILES string of the molecule is C[C@H]1C[C@@H](CO)O[C@H]1n1cc(F)c2c(-n3cnnc3)nc(N)nc21. The number of nitrogens with zero attached hydrogens (tertiary/aromatic N) is 6. The minimum Gasteiger partial charge on any atom is -0.394 e. The van der Waals surface area contributed by atoms with Crippen LogP contribution in [0, 0.1) is 11.7 Å². The Labute approximate surface area is 135 Å². The summed E-state index contributed by atoms with van der Waals surface area (Å²) in [6.45, 7) is 1.90. The van der Waals surface area contributed by atoms with E-state index in [9.17, 15) is 9.50 Å². The number of hydrogen-bond donors (Lipinski definition) is 2. The highest BCUT2D eigenvalue weighted by Gasteiger charge is 2.35. The molecular weight excluding hydrogens is 317 g/mol. The summed E-state index contributed by atoms with van der Waals surface area (Å²) in [5.41, 5.74) is 6.14. The third-order valence-corrected chi connectivity index (χ3v) is 4.22. The van der Waals surface area contributed by atoms with Crippen LogP contribution in [0.1, 0.15) is 19.6 Å². The Morgan fingerprint density at radius 2 is 2.12 bits per heavy atom. The summed E-state index contributed by atoms with van der Waals surface area (Å²) in [6, 6.07) is 0. The van der Waals surface area contributed by atoms with Crippen molar-refractivity contribution in [3.05, 3.63) is 24.7 Å². The number of anilines is 1. The fourth-order valence-electron chi connectivity index (χ4n) is 3.17. The molecule has 10 heteroatoms.